The fourth-order valence-electron chi connectivity index (χ4n) is 2.83. The molecule has 92 valence electrons. The Balaban J connectivity index is 1.97. The number of carbonyl (C=O) groups excluding carboxylic acids is 1. The first-order valence-corrected chi connectivity index (χ1v) is 6.42. The van der Waals surface area contributed by atoms with Crippen molar-refractivity contribution in [2.24, 2.45) is 5.73 Å². The summed E-state index contributed by atoms with van der Waals surface area (Å²) in [5.41, 5.74) is 6.22. The van der Waals surface area contributed by atoms with Crippen LogP contribution in [0.2, 0.25) is 0 Å². The van der Waals surface area contributed by atoms with Crippen molar-refractivity contribution < 1.29 is 4.79 Å². The third-order valence-electron chi connectivity index (χ3n) is 3.99. The van der Waals surface area contributed by atoms with E-state index in [2.05, 4.69) is 4.90 Å². The predicted octanol–water partition coefficient (Wildman–Crippen LogP) is 0.420. The smallest absolute Gasteiger partial charge is 0.236 e. The highest BCUT2D eigenvalue weighted by Gasteiger charge is 2.31. The van der Waals surface area contributed by atoms with Crippen molar-refractivity contribution in [3.8, 4) is 0 Å². The number of amides is 1. The van der Waals surface area contributed by atoms with Crippen molar-refractivity contribution >= 4 is 5.91 Å². The lowest BCUT2D eigenvalue weighted by Gasteiger charge is -2.39. The summed E-state index contributed by atoms with van der Waals surface area (Å²) in [6.45, 7) is 2.40. The van der Waals surface area contributed by atoms with Gasteiger partial charge >= 0.3 is 0 Å². The van der Waals surface area contributed by atoms with Gasteiger partial charge in [-0.15, -0.1) is 0 Å². The SMILES string of the molecule is CN1CCN(C2CCCCCC2N)CC1=O. The van der Waals surface area contributed by atoms with Gasteiger partial charge in [0.25, 0.3) is 0 Å². The van der Waals surface area contributed by atoms with Gasteiger partial charge in [-0.25, -0.2) is 0 Å². The summed E-state index contributed by atoms with van der Waals surface area (Å²) in [6, 6.07) is 0.693. The largest absolute Gasteiger partial charge is 0.343 e. The quantitative estimate of drug-likeness (QED) is 0.658. The topological polar surface area (TPSA) is 49.6 Å². The molecule has 0 aromatic rings. The fraction of sp³-hybridized carbons (Fsp3) is 0.917. The molecule has 4 nitrogen and oxygen atoms in total. The van der Waals surface area contributed by atoms with Gasteiger partial charge in [0.15, 0.2) is 0 Å². The Morgan fingerprint density at radius 2 is 1.94 bits per heavy atom. The van der Waals surface area contributed by atoms with Gasteiger partial charge in [-0.3, -0.25) is 9.69 Å². The van der Waals surface area contributed by atoms with Crippen LogP contribution >= 0.6 is 0 Å². The van der Waals surface area contributed by atoms with Crippen LogP contribution in [0.5, 0.6) is 0 Å². The van der Waals surface area contributed by atoms with Gasteiger partial charge in [0.2, 0.25) is 5.91 Å². The van der Waals surface area contributed by atoms with Crippen molar-refractivity contribution in [1.29, 1.82) is 0 Å². The summed E-state index contributed by atoms with van der Waals surface area (Å²) >= 11 is 0. The van der Waals surface area contributed by atoms with E-state index in [1.807, 2.05) is 11.9 Å². The number of likely N-dealkylation sites (N-methyl/N-ethyl adjacent to an activating group) is 1. The highest BCUT2D eigenvalue weighted by Crippen LogP contribution is 2.22. The summed E-state index contributed by atoms with van der Waals surface area (Å²) in [4.78, 5) is 15.8. The molecule has 2 fully saturated rings. The molecule has 2 unspecified atom stereocenters. The monoisotopic (exact) mass is 225 g/mol. The Hall–Kier alpha value is -0.610. The molecule has 0 spiro atoms. The van der Waals surface area contributed by atoms with Crippen LogP contribution < -0.4 is 5.73 Å². The molecule has 1 aliphatic carbocycles. The Morgan fingerprint density at radius 1 is 1.19 bits per heavy atom. The first kappa shape index (κ1) is 11.9. The molecule has 2 atom stereocenters. The third-order valence-corrected chi connectivity index (χ3v) is 3.99. The van der Waals surface area contributed by atoms with E-state index < -0.39 is 0 Å². The normalized spacial score (nSPS) is 33.9. The molecule has 0 aromatic heterocycles. The molecule has 0 radical (unpaired) electrons. The van der Waals surface area contributed by atoms with Gasteiger partial charge in [0.05, 0.1) is 6.54 Å². The summed E-state index contributed by atoms with van der Waals surface area (Å²) in [7, 11) is 1.88. The number of carbonyl (C=O) groups is 1. The second-order valence-electron chi connectivity index (χ2n) is 5.15. The van der Waals surface area contributed by atoms with Crippen molar-refractivity contribution in [3.63, 3.8) is 0 Å². The standard InChI is InChI=1S/C12H23N3O/c1-14-7-8-15(9-12(14)16)11-6-4-2-3-5-10(11)13/h10-11H,2-9,13H2,1H3. The minimum Gasteiger partial charge on any atom is -0.343 e. The van der Waals surface area contributed by atoms with Crippen LogP contribution in [0.4, 0.5) is 0 Å². The minimum atomic E-state index is 0.239. The number of nitrogens with zero attached hydrogens (tertiary/aromatic N) is 2. The summed E-state index contributed by atoms with van der Waals surface area (Å²) in [6.07, 6.45) is 6.09. The molecular formula is C12H23N3O. The predicted molar refractivity (Wildman–Crippen MR) is 64.1 cm³/mol. The summed E-state index contributed by atoms with van der Waals surface area (Å²) in [5.74, 6) is 0.239. The second-order valence-corrected chi connectivity index (χ2v) is 5.15. The number of hydrogen-bond acceptors (Lipinski definition) is 3. The molecule has 2 rings (SSSR count). The number of nitrogens with two attached hydrogens (primary N) is 1. The molecule has 2 N–H and O–H groups in total. The van der Waals surface area contributed by atoms with E-state index >= 15 is 0 Å². The van der Waals surface area contributed by atoms with E-state index in [9.17, 15) is 4.79 Å². The summed E-state index contributed by atoms with van der Waals surface area (Å²) < 4.78 is 0. The highest BCUT2D eigenvalue weighted by atomic mass is 16.2. The van der Waals surface area contributed by atoms with Crippen LogP contribution in [-0.2, 0) is 4.79 Å². The zero-order valence-electron chi connectivity index (χ0n) is 10.2. The summed E-state index contributed by atoms with van der Waals surface area (Å²) in [5, 5.41) is 0. The van der Waals surface area contributed by atoms with Crippen LogP contribution in [0, 0.1) is 0 Å². The number of piperazine rings is 1. The Bertz CT molecular complexity index is 257. The zero-order valence-corrected chi connectivity index (χ0v) is 10.2. The Morgan fingerprint density at radius 3 is 2.69 bits per heavy atom. The van der Waals surface area contributed by atoms with Gasteiger partial charge in [-0.2, -0.15) is 0 Å². The molecule has 0 aromatic carbocycles. The van der Waals surface area contributed by atoms with Crippen molar-refractivity contribution in [2.75, 3.05) is 26.7 Å². The molecule has 16 heavy (non-hydrogen) atoms. The molecule has 0 bridgehead atoms. The molecule has 1 saturated heterocycles. The van der Waals surface area contributed by atoms with Gasteiger partial charge in [0.1, 0.15) is 0 Å². The Labute approximate surface area is 97.8 Å². The maximum Gasteiger partial charge on any atom is 0.236 e. The maximum atomic E-state index is 11.7. The van der Waals surface area contributed by atoms with Crippen LogP contribution in [0.3, 0.4) is 0 Å². The maximum absolute atomic E-state index is 11.7. The molecule has 1 saturated carbocycles. The van der Waals surface area contributed by atoms with Crippen molar-refractivity contribution in [3.05, 3.63) is 0 Å². The lowest BCUT2D eigenvalue weighted by molar-refractivity contribution is -0.135. The first-order chi connectivity index (χ1) is 7.68. The average molecular weight is 225 g/mol. The van der Waals surface area contributed by atoms with Crippen LogP contribution in [0.1, 0.15) is 32.1 Å². The molecule has 4 heteroatoms. The zero-order chi connectivity index (χ0) is 11.5. The van der Waals surface area contributed by atoms with E-state index in [4.69, 9.17) is 5.73 Å². The number of rotatable bonds is 1. The van der Waals surface area contributed by atoms with E-state index in [-0.39, 0.29) is 11.9 Å². The van der Waals surface area contributed by atoms with Gasteiger partial charge in [0, 0.05) is 32.2 Å². The van der Waals surface area contributed by atoms with E-state index in [1.54, 1.807) is 0 Å². The minimum absolute atomic E-state index is 0.239. The van der Waals surface area contributed by atoms with Gasteiger partial charge in [-0.05, 0) is 12.8 Å². The van der Waals surface area contributed by atoms with Crippen LogP contribution in [0.15, 0.2) is 0 Å². The van der Waals surface area contributed by atoms with Gasteiger partial charge in [-0.1, -0.05) is 19.3 Å². The lowest BCUT2D eigenvalue weighted by Crippen LogP contribution is -2.56. The molecule has 1 aliphatic heterocycles. The van der Waals surface area contributed by atoms with E-state index in [0.717, 1.165) is 25.9 Å². The molecule has 1 heterocycles. The second kappa shape index (κ2) is 5.15. The fourth-order valence-corrected chi connectivity index (χ4v) is 2.83. The van der Waals surface area contributed by atoms with Crippen LogP contribution in [-0.4, -0.2) is 54.5 Å². The lowest BCUT2D eigenvalue weighted by atomic mass is 10.0. The van der Waals surface area contributed by atoms with E-state index in [0.29, 0.717) is 12.6 Å². The molecule has 2 aliphatic rings. The van der Waals surface area contributed by atoms with E-state index in [1.165, 1.54) is 19.3 Å². The molecular weight excluding hydrogens is 202 g/mol. The number of hydrogen-bond donors (Lipinski definition) is 1. The molecule has 1 amide bonds. The van der Waals surface area contributed by atoms with Gasteiger partial charge < -0.3 is 10.6 Å². The Kier molecular flexibility index (Phi) is 3.82. The van der Waals surface area contributed by atoms with Crippen molar-refractivity contribution in [1.82, 2.24) is 9.80 Å². The van der Waals surface area contributed by atoms with Crippen LogP contribution in [0.25, 0.3) is 0 Å². The third kappa shape index (κ3) is 2.55. The highest BCUT2D eigenvalue weighted by molar-refractivity contribution is 5.78. The average Bonchev–Trinajstić information content (AvgIpc) is 2.47. The van der Waals surface area contributed by atoms with Crippen molar-refractivity contribution in [2.45, 2.75) is 44.2 Å². The first-order valence-electron chi connectivity index (χ1n) is 6.42.